The minimum Gasteiger partial charge on any atom is -0.459 e. The molecule has 5 aromatic rings. The third-order valence-electron chi connectivity index (χ3n) is 7.87. The van der Waals surface area contributed by atoms with Gasteiger partial charge in [0.1, 0.15) is 5.82 Å². The molecule has 1 fully saturated rings. The highest BCUT2D eigenvalue weighted by atomic mass is 35.5. The van der Waals surface area contributed by atoms with E-state index in [9.17, 15) is 14.0 Å². The van der Waals surface area contributed by atoms with Crippen molar-refractivity contribution < 1.29 is 18.4 Å². The van der Waals surface area contributed by atoms with E-state index < -0.39 is 0 Å². The third-order valence-corrected chi connectivity index (χ3v) is 8.10. The van der Waals surface area contributed by atoms with Crippen LogP contribution in [0.1, 0.15) is 37.6 Å². The van der Waals surface area contributed by atoms with Crippen molar-refractivity contribution in [2.75, 3.05) is 31.5 Å². The van der Waals surface area contributed by atoms with Crippen molar-refractivity contribution in [2.24, 2.45) is 4.99 Å². The second-order valence-corrected chi connectivity index (χ2v) is 11.1. The highest BCUT2D eigenvalue weighted by molar-refractivity contribution is 6.31. The average molecular weight is 621 g/mol. The molecule has 4 heterocycles. The maximum Gasteiger partial charge on any atom is 0.289 e. The van der Waals surface area contributed by atoms with Gasteiger partial charge >= 0.3 is 0 Å². The van der Waals surface area contributed by atoms with E-state index >= 15 is 0 Å². The molecule has 1 N–H and O–H groups in total. The quantitative estimate of drug-likeness (QED) is 0.250. The fourth-order valence-corrected chi connectivity index (χ4v) is 5.72. The summed E-state index contributed by atoms with van der Waals surface area (Å²) >= 11 is 6.37. The van der Waals surface area contributed by atoms with Crippen molar-refractivity contribution in [1.29, 1.82) is 0 Å². The number of aliphatic imine (C=N–C) groups is 1. The first-order chi connectivity index (χ1) is 21.9. The van der Waals surface area contributed by atoms with E-state index in [2.05, 4.69) is 10.3 Å². The number of benzene rings is 3. The van der Waals surface area contributed by atoms with Gasteiger partial charge < -0.3 is 19.5 Å². The second-order valence-electron chi connectivity index (χ2n) is 10.7. The van der Waals surface area contributed by atoms with Crippen molar-refractivity contribution >= 4 is 40.8 Å². The van der Waals surface area contributed by atoms with E-state index in [-0.39, 0.29) is 24.2 Å². The molecule has 1 saturated heterocycles. The Morgan fingerprint density at radius 2 is 1.60 bits per heavy atom. The summed E-state index contributed by atoms with van der Waals surface area (Å²) in [4.78, 5) is 43.2. The number of halogens is 2. The Morgan fingerprint density at radius 1 is 0.844 bits per heavy atom. The van der Waals surface area contributed by atoms with Gasteiger partial charge in [-0.1, -0.05) is 29.8 Å². The van der Waals surface area contributed by atoms with Crippen LogP contribution in [-0.2, 0) is 6.54 Å². The molecular weight excluding hydrogens is 595 g/mol. The number of nitrogens with zero attached hydrogens (tertiary/aromatic N) is 5. The van der Waals surface area contributed by atoms with E-state index in [1.165, 1.54) is 12.3 Å². The summed E-state index contributed by atoms with van der Waals surface area (Å²) in [5.41, 5.74) is 5.05. The molecule has 0 radical (unpaired) electrons. The van der Waals surface area contributed by atoms with Crippen LogP contribution in [0.5, 0.6) is 0 Å². The zero-order valence-corrected chi connectivity index (χ0v) is 24.7. The van der Waals surface area contributed by atoms with Gasteiger partial charge in [0.2, 0.25) is 5.95 Å². The van der Waals surface area contributed by atoms with Crippen molar-refractivity contribution in [3.63, 3.8) is 0 Å². The summed E-state index contributed by atoms with van der Waals surface area (Å²) in [6.07, 6.45) is 3.19. The van der Waals surface area contributed by atoms with E-state index in [0.29, 0.717) is 76.7 Å². The van der Waals surface area contributed by atoms with Gasteiger partial charge in [-0.25, -0.2) is 14.4 Å². The highest BCUT2D eigenvalue weighted by Gasteiger charge is 2.27. The summed E-state index contributed by atoms with van der Waals surface area (Å²) in [5.74, 6) is 0.0127. The second kappa shape index (κ2) is 12.0. The van der Waals surface area contributed by atoms with Crippen molar-refractivity contribution in [2.45, 2.75) is 6.54 Å². The largest absolute Gasteiger partial charge is 0.459 e. The fourth-order valence-electron chi connectivity index (χ4n) is 5.54. The van der Waals surface area contributed by atoms with Gasteiger partial charge in [-0.3, -0.25) is 14.6 Å². The topological polar surface area (TPSA) is 104 Å². The first-order valence-electron chi connectivity index (χ1n) is 14.4. The molecule has 9 nitrogen and oxygen atoms in total. The Labute approximate surface area is 263 Å². The molecule has 0 aliphatic carbocycles. The SMILES string of the molecule is O=C(c1ccc(Nc2ncc3c(n2)-c2ccc(Cl)cc2C(c2ccccc2F)=NC3)cc1)N1CCN(C(=O)c2ccco2)CC1. The molecular formula is C34H26ClFN6O3. The standard InChI is InChI=1S/C34H26ClFN6O3/c35-23-9-12-25-27(18-23)31(26-4-1-2-5-28(26)36)37-19-22-20-38-34(40-30(22)25)39-24-10-7-21(8-11-24)32(43)41-13-15-42(16-14-41)33(44)29-6-3-17-45-29/h1-12,17-18,20H,13-16,19H2,(H,38,39,40). The molecule has 2 aliphatic rings. The van der Waals surface area contributed by atoms with Crippen molar-refractivity contribution in [3.05, 3.63) is 130 Å². The van der Waals surface area contributed by atoms with Gasteiger partial charge in [0, 0.05) is 70.9 Å². The lowest BCUT2D eigenvalue weighted by atomic mass is 9.95. The lowest BCUT2D eigenvalue weighted by Crippen LogP contribution is -2.50. The van der Waals surface area contributed by atoms with Crippen LogP contribution < -0.4 is 5.32 Å². The number of hydrogen-bond acceptors (Lipinski definition) is 7. The van der Waals surface area contributed by atoms with Crippen LogP contribution >= 0.6 is 11.6 Å². The Morgan fingerprint density at radius 3 is 2.33 bits per heavy atom. The normalized spacial score (nSPS) is 14.2. The van der Waals surface area contributed by atoms with Gasteiger partial charge in [-0.15, -0.1) is 0 Å². The number of amides is 2. The Kier molecular flexibility index (Phi) is 7.56. The monoisotopic (exact) mass is 620 g/mol. The van der Waals surface area contributed by atoms with E-state index in [1.54, 1.807) is 82.7 Å². The number of furan rings is 1. The highest BCUT2D eigenvalue weighted by Crippen LogP contribution is 2.34. The van der Waals surface area contributed by atoms with Crippen LogP contribution in [0.2, 0.25) is 5.02 Å². The molecule has 0 saturated carbocycles. The van der Waals surface area contributed by atoms with Crippen LogP contribution in [0.15, 0.2) is 101 Å². The summed E-state index contributed by atoms with van der Waals surface area (Å²) in [7, 11) is 0. The molecule has 0 atom stereocenters. The summed E-state index contributed by atoms with van der Waals surface area (Å²) in [6.45, 7) is 2.01. The summed E-state index contributed by atoms with van der Waals surface area (Å²) in [5, 5.41) is 3.73. The van der Waals surface area contributed by atoms with E-state index in [4.69, 9.17) is 26.0 Å². The fraction of sp³-hybridized carbons (Fsp3) is 0.147. The molecule has 11 heteroatoms. The minimum absolute atomic E-state index is 0.103. The Hall–Kier alpha value is -5.35. The summed E-state index contributed by atoms with van der Waals surface area (Å²) < 4.78 is 20.0. The van der Waals surface area contributed by atoms with Gasteiger partial charge in [0.25, 0.3) is 11.8 Å². The maximum atomic E-state index is 14.8. The number of aromatic nitrogens is 2. The molecule has 45 heavy (non-hydrogen) atoms. The number of nitrogens with one attached hydrogen (secondary N) is 1. The van der Waals surface area contributed by atoms with E-state index in [1.807, 2.05) is 6.07 Å². The third kappa shape index (κ3) is 5.67. The number of carbonyl (C=O) groups is 2. The van der Waals surface area contributed by atoms with Crippen LogP contribution in [0.4, 0.5) is 16.0 Å². The minimum atomic E-state index is -0.370. The van der Waals surface area contributed by atoms with Gasteiger partial charge in [-0.2, -0.15) is 0 Å². The van der Waals surface area contributed by atoms with Crippen molar-refractivity contribution in [3.8, 4) is 11.3 Å². The number of hydrogen-bond donors (Lipinski definition) is 1. The zero-order valence-electron chi connectivity index (χ0n) is 23.9. The lowest BCUT2D eigenvalue weighted by Gasteiger charge is -2.34. The smallest absolute Gasteiger partial charge is 0.289 e. The van der Waals surface area contributed by atoms with Crippen LogP contribution in [0.25, 0.3) is 11.3 Å². The summed E-state index contributed by atoms with van der Waals surface area (Å²) in [6, 6.07) is 22.4. The predicted molar refractivity (Wildman–Crippen MR) is 168 cm³/mol. The zero-order chi connectivity index (χ0) is 30.9. The number of carbonyl (C=O) groups excluding carboxylic acids is 2. The molecule has 0 bridgehead atoms. The lowest BCUT2D eigenvalue weighted by molar-refractivity contribution is 0.0518. The Balaban J connectivity index is 1.07. The number of anilines is 2. The maximum absolute atomic E-state index is 14.8. The molecule has 2 aromatic heterocycles. The van der Waals surface area contributed by atoms with Crippen LogP contribution in [-0.4, -0.2) is 63.5 Å². The van der Waals surface area contributed by atoms with Gasteiger partial charge in [-0.05, 0) is 60.7 Å². The van der Waals surface area contributed by atoms with Gasteiger partial charge in [0.05, 0.1) is 24.2 Å². The van der Waals surface area contributed by atoms with E-state index in [0.717, 1.165) is 11.1 Å². The molecule has 2 aliphatic heterocycles. The van der Waals surface area contributed by atoms with Crippen LogP contribution in [0.3, 0.4) is 0 Å². The number of piperazine rings is 1. The van der Waals surface area contributed by atoms with Crippen LogP contribution in [0, 0.1) is 5.82 Å². The average Bonchev–Trinajstić information content (AvgIpc) is 3.56. The van der Waals surface area contributed by atoms with Crippen molar-refractivity contribution in [1.82, 2.24) is 19.8 Å². The molecule has 0 unspecified atom stereocenters. The molecule has 3 aromatic carbocycles. The number of rotatable bonds is 5. The number of fused-ring (bicyclic) bond motifs is 3. The predicted octanol–water partition coefficient (Wildman–Crippen LogP) is 6.22. The Bertz CT molecular complexity index is 1940. The van der Waals surface area contributed by atoms with Gasteiger partial charge in [0.15, 0.2) is 5.76 Å². The first kappa shape index (κ1) is 28.4. The molecule has 7 rings (SSSR count). The molecule has 2 amide bonds. The molecule has 224 valence electrons. The first-order valence-corrected chi connectivity index (χ1v) is 14.8. The molecule has 0 spiro atoms.